The Labute approximate surface area is 208 Å². The van der Waals surface area contributed by atoms with Gasteiger partial charge in [0.1, 0.15) is 17.2 Å². The van der Waals surface area contributed by atoms with Gasteiger partial charge in [0.2, 0.25) is 0 Å². The van der Waals surface area contributed by atoms with Crippen LogP contribution < -0.4 is 16.0 Å². The standard InChI is InChI=1S/C22H27ClN8O3S/c1-13(27-21(32)18-19(24)28-30-7-3-5-25-20(18)30)15-11-16(23)17-12-26-14(2)31(17)22(15)29-6-4-9-35(33,34)10-8-29/h3,5,7,11-13,33-34H,4,6,8-10H2,1-2H3,(H2,24,28)(H,27,32). The number of imidazole rings is 1. The minimum absolute atomic E-state index is 0.0882. The monoisotopic (exact) mass is 518 g/mol. The molecule has 1 atom stereocenters. The summed E-state index contributed by atoms with van der Waals surface area (Å²) in [7, 11) is -2.62. The first-order chi connectivity index (χ1) is 16.7. The van der Waals surface area contributed by atoms with Gasteiger partial charge in [0, 0.05) is 36.8 Å². The molecule has 5 heterocycles. The zero-order valence-corrected chi connectivity index (χ0v) is 20.9. The second kappa shape index (κ2) is 8.86. The van der Waals surface area contributed by atoms with Crippen LogP contribution in [-0.4, -0.2) is 63.6 Å². The van der Waals surface area contributed by atoms with Gasteiger partial charge in [0.15, 0.2) is 11.5 Å². The molecule has 1 unspecified atom stereocenters. The SMILES string of the molecule is Cc1ncc2c(Cl)cc(C(C)NC(=O)c3c(N)nn4cccnc34)c(N3CCCS(O)(O)CC3)n12. The van der Waals surface area contributed by atoms with Crippen LogP contribution in [0.5, 0.6) is 0 Å². The minimum Gasteiger partial charge on any atom is -0.381 e. The van der Waals surface area contributed by atoms with Crippen molar-refractivity contribution in [3.63, 3.8) is 0 Å². The highest BCUT2D eigenvalue weighted by molar-refractivity contribution is 8.24. The van der Waals surface area contributed by atoms with E-state index in [9.17, 15) is 13.9 Å². The predicted molar refractivity (Wildman–Crippen MR) is 138 cm³/mol. The molecule has 1 saturated heterocycles. The number of hydrogen-bond donors (Lipinski definition) is 4. The topological polar surface area (TPSA) is 146 Å². The van der Waals surface area contributed by atoms with Crippen molar-refractivity contribution in [1.82, 2.24) is 29.3 Å². The predicted octanol–water partition coefficient (Wildman–Crippen LogP) is 3.37. The van der Waals surface area contributed by atoms with E-state index >= 15 is 0 Å². The van der Waals surface area contributed by atoms with Crippen molar-refractivity contribution in [2.24, 2.45) is 0 Å². The Bertz CT molecular complexity index is 1440. The molecule has 35 heavy (non-hydrogen) atoms. The number of pyridine rings is 1. The van der Waals surface area contributed by atoms with Crippen molar-refractivity contribution in [1.29, 1.82) is 0 Å². The van der Waals surface area contributed by atoms with E-state index in [1.54, 1.807) is 24.7 Å². The van der Waals surface area contributed by atoms with Gasteiger partial charge in [-0.05, 0) is 32.4 Å². The maximum absolute atomic E-state index is 13.3. The van der Waals surface area contributed by atoms with E-state index in [1.165, 1.54) is 4.52 Å². The number of nitrogens with zero attached hydrogens (tertiary/aromatic N) is 6. The number of hydrogen-bond acceptors (Lipinski definition) is 8. The first-order valence-corrected chi connectivity index (χ1v) is 13.5. The molecule has 0 saturated carbocycles. The average molecular weight is 519 g/mol. The van der Waals surface area contributed by atoms with Crippen LogP contribution in [-0.2, 0) is 0 Å². The summed E-state index contributed by atoms with van der Waals surface area (Å²) in [5.74, 6) is 1.88. The van der Waals surface area contributed by atoms with Crippen molar-refractivity contribution >= 4 is 50.9 Å². The fourth-order valence-corrected chi connectivity index (χ4v) is 6.12. The lowest BCUT2D eigenvalue weighted by atomic mass is 10.1. The van der Waals surface area contributed by atoms with Crippen LogP contribution in [0, 0.1) is 6.92 Å². The quantitative estimate of drug-likeness (QED) is 0.321. The highest BCUT2D eigenvalue weighted by atomic mass is 35.5. The smallest absolute Gasteiger partial charge is 0.259 e. The van der Waals surface area contributed by atoms with Gasteiger partial charge in [0.25, 0.3) is 5.91 Å². The molecule has 1 fully saturated rings. The molecule has 186 valence electrons. The number of carbonyl (C=O) groups is 1. The van der Waals surface area contributed by atoms with E-state index in [1.807, 2.05) is 24.3 Å². The number of rotatable bonds is 4. The molecular weight excluding hydrogens is 492 g/mol. The molecule has 0 aliphatic carbocycles. The molecule has 1 aliphatic heterocycles. The summed E-state index contributed by atoms with van der Waals surface area (Å²) in [6.07, 6.45) is 5.60. The van der Waals surface area contributed by atoms with Gasteiger partial charge in [-0.25, -0.2) is 14.5 Å². The van der Waals surface area contributed by atoms with Crippen molar-refractivity contribution in [2.75, 3.05) is 35.2 Å². The van der Waals surface area contributed by atoms with Crippen molar-refractivity contribution in [3.8, 4) is 0 Å². The van der Waals surface area contributed by atoms with E-state index < -0.39 is 22.5 Å². The number of anilines is 2. The number of aromatic nitrogens is 5. The average Bonchev–Trinajstić information content (AvgIpc) is 3.29. The van der Waals surface area contributed by atoms with Crippen LogP contribution in [0.3, 0.4) is 0 Å². The van der Waals surface area contributed by atoms with Crippen LogP contribution in [0.25, 0.3) is 11.2 Å². The van der Waals surface area contributed by atoms with Crippen molar-refractivity contribution in [2.45, 2.75) is 26.3 Å². The third kappa shape index (κ3) is 4.27. The van der Waals surface area contributed by atoms with Gasteiger partial charge in [0.05, 0.1) is 28.5 Å². The number of nitrogen functional groups attached to an aromatic ring is 1. The number of aryl methyl sites for hydroxylation is 1. The van der Waals surface area contributed by atoms with E-state index in [-0.39, 0.29) is 17.1 Å². The first kappa shape index (κ1) is 23.7. The molecule has 4 aromatic rings. The number of nitrogens with one attached hydrogen (secondary N) is 1. The lowest BCUT2D eigenvalue weighted by molar-refractivity contribution is 0.0942. The maximum atomic E-state index is 13.3. The fraction of sp³-hybridized carbons (Fsp3) is 0.364. The Kier molecular flexibility index (Phi) is 5.99. The summed E-state index contributed by atoms with van der Waals surface area (Å²) in [4.78, 5) is 24.1. The lowest BCUT2D eigenvalue weighted by Crippen LogP contribution is -2.33. The lowest BCUT2D eigenvalue weighted by Gasteiger charge is -2.32. The molecule has 4 aromatic heterocycles. The third-order valence-corrected chi connectivity index (χ3v) is 8.37. The molecular formula is C22H27ClN8O3S. The largest absolute Gasteiger partial charge is 0.381 e. The summed E-state index contributed by atoms with van der Waals surface area (Å²) in [6, 6.07) is 3.07. The minimum atomic E-state index is -2.62. The van der Waals surface area contributed by atoms with E-state index in [0.29, 0.717) is 35.9 Å². The van der Waals surface area contributed by atoms with Gasteiger partial charge in [-0.15, -0.1) is 5.10 Å². The highest BCUT2D eigenvalue weighted by Gasteiger charge is 2.28. The second-order valence-electron chi connectivity index (χ2n) is 8.69. The molecule has 5 rings (SSSR count). The van der Waals surface area contributed by atoms with Gasteiger partial charge >= 0.3 is 0 Å². The summed E-state index contributed by atoms with van der Waals surface area (Å²) in [5.41, 5.74) is 8.13. The van der Waals surface area contributed by atoms with E-state index in [0.717, 1.165) is 22.7 Å². The van der Waals surface area contributed by atoms with Gasteiger partial charge in [-0.1, -0.05) is 11.6 Å². The van der Waals surface area contributed by atoms with Crippen LogP contribution in [0.4, 0.5) is 11.6 Å². The Morgan fingerprint density at radius 1 is 1.29 bits per heavy atom. The Morgan fingerprint density at radius 2 is 2.09 bits per heavy atom. The van der Waals surface area contributed by atoms with Crippen LogP contribution in [0.2, 0.25) is 5.02 Å². The highest BCUT2D eigenvalue weighted by Crippen LogP contribution is 2.42. The van der Waals surface area contributed by atoms with E-state index in [2.05, 4.69) is 25.3 Å². The fourth-order valence-electron chi connectivity index (χ4n) is 4.56. The summed E-state index contributed by atoms with van der Waals surface area (Å²) < 4.78 is 24.0. The van der Waals surface area contributed by atoms with Gasteiger partial charge < -0.3 is 16.0 Å². The Morgan fingerprint density at radius 3 is 2.89 bits per heavy atom. The van der Waals surface area contributed by atoms with Crippen molar-refractivity contribution < 1.29 is 13.9 Å². The normalized spacial score (nSPS) is 17.9. The number of nitrogens with two attached hydrogens (primary N) is 1. The first-order valence-electron chi connectivity index (χ1n) is 11.2. The number of fused-ring (bicyclic) bond motifs is 2. The second-order valence-corrected chi connectivity index (χ2v) is 11.5. The summed E-state index contributed by atoms with van der Waals surface area (Å²) in [6.45, 7) is 4.83. The zero-order chi connectivity index (χ0) is 24.9. The van der Waals surface area contributed by atoms with E-state index in [4.69, 9.17) is 17.3 Å². The van der Waals surface area contributed by atoms with Gasteiger partial charge in [-0.3, -0.25) is 18.3 Å². The zero-order valence-electron chi connectivity index (χ0n) is 19.3. The van der Waals surface area contributed by atoms with Crippen molar-refractivity contribution in [3.05, 3.63) is 52.7 Å². The van der Waals surface area contributed by atoms with Crippen LogP contribution in [0.1, 0.15) is 41.1 Å². The number of carbonyl (C=O) groups excluding carboxylic acids is 1. The van der Waals surface area contributed by atoms with Crippen LogP contribution in [0.15, 0.2) is 30.7 Å². The maximum Gasteiger partial charge on any atom is 0.259 e. The summed E-state index contributed by atoms with van der Waals surface area (Å²) >= 11 is 6.64. The molecule has 0 aromatic carbocycles. The molecule has 5 N–H and O–H groups in total. The third-order valence-electron chi connectivity index (χ3n) is 6.29. The molecule has 1 aliphatic rings. The Hall–Kier alpha value is -3.06. The van der Waals surface area contributed by atoms with Gasteiger partial charge in [-0.2, -0.15) is 10.6 Å². The number of halogens is 1. The molecule has 0 spiro atoms. The molecule has 1 amide bonds. The molecule has 11 nitrogen and oxygen atoms in total. The molecule has 13 heteroatoms. The van der Waals surface area contributed by atoms with Crippen LogP contribution >= 0.6 is 22.2 Å². The molecule has 0 radical (unpaired) electrons. The summed E-state index contributed by atoms with van der Waals surface area (Å²) in [5, 5.41) is 7.70. The molecule has 0 bridgehead atoms. The Balaban J connectivity index is 1.56. The number of amides is 1.